The number of ketones is 1. The number of carbonyl (C=O) groups excluding carboxylic acids is 1. The van der Waals surface area contributed by atoms with Gasteiger partial charge in [-0.25, -0.2) is 0 Å². The molecule has 0 saturated heterocycles. The standard InChI is InChI=1S/C13H20Cl2O2/c14-13(15)11-6-5-9(4-2-1-3-7-16)10(11)8-12(13)17/h9-11,16H,1-8H2. The summed E-state index contributed by atoms with van der Waals surface area (Å²) in [5.41, 5.74) is 0. The molecule has 0 spiro atoms. The molecule has 0 aromatic heterocycles. The molecule has 17 heavy (non-hydrogen) atoms. The lowest BCUT2D eigenvalue weighted by Gasteiger charge is -2.20. The van der Waals surface area contributed by atoms with Crippen LogP contribution in [0.25, 0.3) is 0 Å². The average Bonchev–Trinajstić information content (AvgIpc) is 2.76. The second kappa shape index (κ2) is 5.46. The lowest BCUT2D eigenvalue weighted by atomic mass is 9.88. The largest absolute Gasteiger partial charge is 0.396 e. The highest BCUT2D eigenvalue weighted by atomic mass is 35.5. The third kappa shape index (κ3) is 2.64. The maximum atomic E-state index is 11.7. The molecule has 2 aliphatic rings. The Morgan fingerprint density at radius 3 is 2.71 bits per heavy atom. The predicted octanol–water partition coefficient (Wildman–Crippen LogP) is 3.33. The van der Waals surface area contributed by atoms with E-state index in [1.165, 1.54) is 0 Å². The fourth-order valence-electron chi connectivity index (χ4n) is 3.52. The summed E-state index contributed by atoms with van der Waals surface area (Å²) in [6.07, 6.45) is 6.97. The summed E-state index contributed by atoms with van der Waals surface area (Å²) in [4.78, 5) is 11.7. The molecule has 2 nitrogen and oxygen atoms in total. The van der Waals surface area contributed by atoms with Gasteiger partial charge in [-0.05, 0) is 31.1 Å². The van der Waals surface area contributed by atoms with Crippen molar-refractivity contribution in [3.8, 4) is 0 Å². The molecule has 0 radical (unpaired) electrons. The number of hydrogen-bond acceptors (Lipinski definition) is 2. The van der Waals surface area contributed by atoms with E-state index in [-0.39, 0.29) is 18.3 Å². The molecule has 3 atom stereocenters. The van der Waals surface area contributed by atoms with Crippen molar-refractivity contribution in [2.45, 2.75) is 49.3 Å². The zero-order valence-corrected chi connectivity index (χ0v) is 11.5. The van der Waals surface area contributed by atoms with E-state index in [0.717, 1.165) is 38.5 Å². The van der Waals surface area contributed by atoms with Crippen LogP contribution in [0.3, 0.4) is 0 Å². The number of halogens is 2. The number of fused-ring (bicyclic) bond motifs is 1. The average molecular weight is 279 g/mol. The van der Waals surface area contributed by atoms with Gasteiger partial charge in [0.2, 0.25) is 0 Å². The first kappa shape index (κ1) is 13.6. The van der Waals surface area contributed by atoms with Crippen LogP contribution in [0.4, 0.5) is 0 Å². The van der Waals surface area contributed by atoms with Gasteiger partial charge < -0.3 is 5.11 Å². The Kier molecular flexibility index (Phi) is 4.38. The van der Waals surface area contributed by atoms with Gasteiger partial charge in [-0.3, -0.25) is 4.79 Å². The van der Waals surface area contributed by atoms with E-state index in [4.69, 9.17) is 28.3 Å². The Hall–Kier alpha value is 0.210. The van der Waals surface area contributed by atoms with Crippen LogP contribution in [0.2, 0.25) is 0 Å². The van der Waals surface area contributed by atoms with E-state index in [1.54, 1.807) is 0 Å². The molecule has 4 heteroatoms. The Balaban J connectivity index is 1.86. The fourth-order valence-corrected chi connectivity index (χ4v) is 4.22. The van der Waals surface area contributed by atoms with Gasteiger partial charge in [0.15, 0.2) is 10.1 Å². The minimum Gasteiger partial charge on any atom is -0.396 e. The molecule has 3 unspecified atom stereocenters. The SMILES string of the molecule is O=C1CC2C(CCCCCO)CCC2C1(Cl)Cl. The summed E-state index contributed by atoms with van der Waals surface area (Å²) in [6, 6.07) is 0. The first-order valence-electron chi connectivity index (χ1n) is 6.59. The summed E-state index contributed by atoms with van der Waals surface area (Å²) in [6.45, 7) is 0.279. The van der Waals surface area contributed by atoms with Crippen LogP contribution in [-0.4, -0.2) is 21.8 Å². The molecule has 1 N–H and O–H groups in total. The quantitative estimate of drug-likeness (QED) is 0.619. The van der Waals surface area contributed by atoms with Crippen molar-refractivity contribution in [1.29, 1.82) is 0 Å². The van der Waals surface area contributed by atoms with Gasteiger partial charge in [-0.1, -0.05) is 42.5 Å². The van der Waals surface area contributed by atoms with Crippen molar-refractivity contribution in [3.05, 3.63) is 0 Å². The zero-order chi connectivity index (χ0) is 12.5. The fraction of sp³-hybridized carbons (Fsp3) is 0.923. The summed E-state index contributed by atoms with van der Waals surface area (Å²) in [7, 11) is 0. The first-order chi connectivity index (χ1) is 8.07. The molecule has 0 heterocycles. The highest BCUT2D eigenvalue weighted by Crippen LogP contribution is 2.56. The summed E-state index contributed by atoms with van der Waals surface area (Å²) >= 11 is 12.3. The van der Waals surface area contributed by atoms with E-state index in [2.05, 4.69) is 0 Å². The number of hydrogen-bond donors (Lipinski definition) is 1. The van der Waals surface area contributed by atoms with Crippen LogP contribution >= 0.6 is 23.2 Å². The monoisotopic (exact) mass is 278 g/mol. The lowest BCUT2D eigenvalue weighted by molar-refractivity contribution is -0.118. The molecule has 2 rings (SSSR count). The van der Waals surface area contributed by atoms with E-state index in [1.807, 2.05) is 0 Å². The van der Waals surface area contributed by atoms with E-state index < -0.39 is 4.33 Å². The molecule has 2 saturated carbocycles. The van der Waals surface area contributed by atoms with E-state index >= 15 is 0 Å². The van der Waals surface area contributed by atoms with Crippen LogP contribution in [-0.2, 0) is 4.79 Å². The molecule has 2 aliphatic carbocycles. The number of carbonyl (C=O) groups is 1. The minimum absolute atomic E-state index is 0.0240. The second-order valence-corrected chi connectivity index (χ2v) is 6.82. The van der Waals surface area contributed by atoms with Crippen molar-refractivity contribution < 1.29 is 9.90 Å². The van der Waals surface area contributed by atoms with Crippen molar-refractivity contribution in [2.24, 2.45) is 17.8 Å². The van der Waals surface area contributed by atoms with Crippen molar-refractivity contribution in [2.75, 3.05) is 6.61 Å². The van der Waals surface area contributed by atoms with Gasteiger partial charge in [0.05, 0.1) is 0 Å². The number of aliphatic hydroxyl groups is 1. The Morgan fingerprint density at radius 1 is 1.24 bits per heavy atom. The number of alkyl halides is 2. The van der Waals surface area contributed by atoms with Crippen LogP contribution in [0.1, 0.15) is 44.9 Å². The number of aliphatic hydroxyl groups excluding tert-OH is 1. The van der Waals surface area contributed by atoms with Crippen molar-refractivity contribution in [1.82, 2.24) is 0 Å². The molecule has 0 amide bonds. The summed E-state index contributed by atoms with van der Waals surface area (Å²) < 4.78 is -1.11. The number of Topliss-reactive ketones (excluding diaryl/α,β-unsaturated/α-hetero) is 1. The molecule has 0 aromatic rings. The van der Waals surface area contributed by atoms with Crippen LogP contribution < -0.4 is 0 Å². The molecule has 98 valence electrons. The van der Waals surface area contributed by atoms with Gasteiger partial charge in [-0.2, -0.15) is 0 Å². The smallest absolute Gasteiger partial charge is 0.178 e. The van der Waals surface area contributed by atoms with Crippen molar-refractivity contribution in [3.63, 3.8) is 0 Å². The predicted molar refractivity (Wildman–Crippen MR) is 69.3 cm³/mol. The molecule has 0 aliphatic heterocycles. The van der Waals surface area contributed by atoms with Gasteiger partial charge >= 0.3 is 0 Å². The Morgan fingerprint density at radius 2 is 2.00 bits per heavy atom. The van der Waals surface area contributed by atoms with Crippen molar-refractivity contribution >= 4 is 29.0 Å². The molecular formula is C13H20Cl2O2. The second-order valence-electron chi connectivity index (χ2n) is 5.43. The minimum atomic E-state index is -1.11. The van der Waals surface area contributed by atoms with E-state index in [0.29, 0.717) is 18.3 Å². The molecule has 0 aromatic carbocycles. The van der Waals surface area contributed by atoms with E-state index in [9.17, 15) is 4.79 Å². The van der Waals surface area contributed by atoms with Crippen LogP contribution in [0.15, 0.2) is 0 Å². The first-order valence-corrected chi connectivity index (χ1v) is 7.35. The van der Waals surface area contributed by atoms with Gasteiger partial charge in [0, 0.05) is 18.9 Å². The zero-order valence-electron chi connectivity index (χ0n) is 10.0. The van der Waals surface area contributed by atoms with Gasteiger partial charge in [-0.15, -0.1) is 0 Å². The highest BCUT2D eigenvalue weighted by molar-refractivity contribution is 6.59. The molecular weight excluding hydrogens is 259 g/mol. The Labute approximate surface area is 113 Å². The number of unbranched alkanes of at least 4 members (excludes halogenated alkanes) is 2. The third-order valence-electron chi connectivity index (χ3n) is 4.46. The molecule has 2 fully saturated rings. The topological polar surface area (TPSA) is 37.3 Å². The lowest BCUT2D eigenvalue weighted by Crippen LogP contribution is -2.26. The Bertz CT molecular complexity index is 291. The van der Waals surface area contributed by atoms with Gasteiger partial charge in [0.1, 0.15) is 0 Å². The summed E-state index contributed by atoms with van der Waals surface area (Å²) in [5.74, 6) is 1.23. The summed E-state index contributed by atoms with van der Waals surface area (Å²) in [5, 5.41) is 8.73. The maximum Gasteiger partial charge on any atom is 0.178 e. The third-order valence-corrected chi connectivity index (χ3v) is 5.44. The van der Waals surface area contributed by atoms with Crippen LogP contribution in [0.5, 0.6) is 0 Å². The highest BCUT2D eigenvalue weighted by Gasteiger charge is 2.57. The van der Waals surface area contributed by atoms with Gasteiger partial charge in [0.25, 0.3) is 0 Å². The maximum absolute atomic E-state index is 11.7. The number of rotatable bonds is 5. The molecule has 0 bridgehead atoms. The normalized spacial score (nSPS) is 35.2. The van der Waals surface area contributed by atoms with Crippen LogP contribution in [0, 0.1) is 17.8 Å².